The van der Waals surface area contributed by atoms with E-state index < -0.39 is 6.04 Å². The Morgan fingerprint density at radius 1 is 1.10 bits per heavy atom. The van der Waals surface area contributed by atoms with Crippen molar-refractivity contribution in [3.63, 3.8) is 0 Å². The Kier molecular flexibility index (Phi) is 9.66. The fraction of sp³-hybridized carbons (Fsp3) is 0.417. The van der Waals surface area contributed by atoms with Crippen LogP contribution in [0.5, 0.6) is 5.75 Å². The third kappa shape index (κ3) is 6.88. The lowest BCUT2D eigenvalue weighted by Gasteiger charge is -2.31. The van der Waals surface area contributed by atoms with Gasteiger partial charge >= 0.3 is 0 Å². The first-order chi connectivity index (χ1) is 14.8. The van der Waals surface area contributed by atoms with Gasteiger partial charge in [-0.25, -0.2) is 0 Å². The lowest BCUT2D eigenvalue weighted by molar-refractivity contribution is -0.143. The van der Waals surface area contributed by atoms with Crippen LogP contribution in [0.2, 0.25) is 10.0 Å². The lowest BCUT2D eigenvalue weighted by atomic mass is 10.1. The molecule has 1 unspecified atom stereocenters. The normalized spacial score (nSPS) is 11.7. The third-order valence-electron chi connectivity index (χ3n) is 5.01. The van der Waals surface area contributed by atoms with Gasteiger partial charge < -0.3 is 15.0 Å². The molecule has 2 aromatic rings. The molecule has 0 radical (unpaired) electrons. The second kappa shape index (κ2) is 12.0. The summed E-state index contributed by atoms with van der Waals surface area (Å²) >= 11 is 12.5. The van der Waals surface area contributed by atoms with Gasteiger partial charge in [-0.3, -0.25) is 9.59 Å². The van der Waals surface area contributed by atoms with Crippen LogP contribution in [0.3, 0.4) is 0 Å². The Labute approximate surface area is 194 Å². The first-order valence-corrected chi connectivity index (χ1v) is 11.2. The Balaban J connectivity index is 2.24. The SMILES string of the molecule is CCCNC(=O)C(CC)N(Cc1ccccc1Cl)C(=O)COc1cc(C)c(Cl)c(C)c1. The van der Waals surface area contributed by atoms with Gasteiger partial charge in [0.25, 0.3) is 5.91 Å². The van der Waals surface area contributed by atoms with Gasteiger partial charge in [0.15, 0.2) is 6.61 Å². The van der Waals surface area contributed by atoms with E-state index in [0.29, 0.717) is 28.8 Å². The van der Waals surface area contributed by atoms with Crippen molar-refractivity contribution in [2.24, 2.45) is 0 Å². The van der Waals surface area contributed by atoms with Crippen LogP contribution >= 0.6 is 23.2 Å². The Hall–Kier alpha value is -2.24. The number of hydrogen-bond donors (Lipinski definition) is 1. The number of hydrogen-bond acceptors (Lipinski definition) is 3. The van der Waals surface area contributed by atoms with E-state index in [2.05, 4.69) is 5.32 Å². The fourth-order valence-corrected chi connectivity index (χ4v) is 3.62. The molecule has 0 spiro atoms. The highest BCUT2D eigenvalue weighted by molar-refractivity contribution is 6.32. The highest BCUT2D eigenvalue weighted by Gasteiger charge is 2.29. The number of halogens is 2. The van der Waals surface area contributed by atoms with E-state index in [1.807, 2.05) is 45.9 Å². The Bertz CT molecular complexity index is 894. The van der Waals surface area contributed by atoms with Gasteiger partial charge in [0.1, 0.15) is 11.8 Å². The summed E-state index contributed by atoms with van der Waals surface area (Å²) < 4.78 is 5.77. The molecule has 2 rings (SSSR count). The number of carbonyl (C=O) groups excluding carboxylic acids is 2. The van der Waals surface area contributed by atoms with E-state index in [1.165, 1.54) is 0 Å². The van der Waals surface area contributed by atoms with Crippen molar-refractivity contribution in [3.8, 4) is 5.75 Å². The summed E-state index contributed by atoms with van der Waals surface area (Å²) in [6, 6.07) is 10.3. The summed E-state index contributed by atoms with van der Waals surface area (Å²) in [7, 11) is 0. The molecule has 0 saturated carbocycles. The first kappa shape index (κ1) is 25.0. The van der Waals surface area contributed by atoms with Crippen LogP contribution in [0, 0.1) is 13.8 Å². The zero-order valence-corrected chi connectivity index (χ0v) is 20.0. The molecule has 2 aromatic carbocycles. The lowest BCUT2D eigenvalue weighted by Crippen LogP contribution is -2.50. The summed E-state index contributed by atoms with van der Waals surface area (Å²) in [6.45, 7) is 8.23. The molecule has 0 heterocycles. The maximum atomic E-state index is 13.2. The Morgan fingerprint density at radius 2 is 1.74 bits per heavy atom. The molecule has 0 fully saturated rings. The average Bonchev–Trinajstić information content (AvgIpc) is 2.75. The average molecular weight is 465 g/mol. The number of nitrogens with one attached hydrogen (secondary N) is 1. The molecule has 0 aliphatic heterocycles. The van der Waals surface area contributed by atoms with Crippen molar-refractivity contribution in [2.75, 3.05) is 13.2 Å². The number of benzene rings is 2. The predicted octanol–water partition coefficient (Wildman–Crippen LogP) is 5.32. The Morgan fingerprint density at radius 3 is 2.32 bits per heavy atom. The van der Waals surface area contributed by atoms with Crippen molar-refractivity contribution in [1.29, 1.82) is 0 Å². The van der Waals surface area contributed by atoms with Crippen LogP contribution in [0.4, 0.5) is 0 Å². The molecule has 31 heavy (non-hydrogen) atoms. The van der Waals surface area contributed by atoms with Crippen LogP contribution in [0.15, 0.2) is 36.4 Å². The van der Waals surface area contributed by atoms with E-state index in [4.69, 9.17) is 27.9 Å². The summed E-state index contributed by atoms with van der Waals surface area (Å²) in [5.74, 6) is 0.0977. The molecule has 7 heteroatoms. The van der Waals surface area contributed by atoms with Gasteiger partial charge in [-0.05, 0) is 61.6 Å². The fourth-order valence-electron chi connectivity index (χ4n) is 3.31. The number of amides is 2. The van der Waals surface area contributed by atoms with Crippen LogP contribution in [-0.4, -0.2) is 35.9 Å². The molecule has 0 bridgehead atoms. The zero-order valence-electron chi connectivity index (χ0n) is 18.5. The van der Waals surface area contributed by atoms with E-state index in [9.17, 15) is 9.59 Å². The number of aryl methyl sites for hydroxylation is 2. The van der Waals surface area contributed by atoms with Crippen LogP contribution < -0.4 is 10.1 Å². The van der Waals surface area contributed by atoms with Crippen molar-refractivity contribution in [3.05, 3.63) is 63.1 Å². The van der Waals surface area contributed by atoms with Gasteiger partial charge in [-0.2, -0.15) is 0 Å². The largest absolute Gasteiger partial charge is 0.484 e. The maximum absolute atomic E-state index is 13.2. The molecule has 2 amide bonds. The topological polar surface area (TPSA) is 58.6 Å². The zero-order chi connectivity index (χ0) is 23.0. The van der Waals surface area contributed by atoms with Crippen LogP contribution in [-0.2, 0) is 16.1 Å². The van der Waals surface area contributed by atoms with Gasteiger partial charge in [0.2, 0.25) is 5.91 Å². The number of carbonyl (C=O) groups is 2. The predicted molar refractivity (Wildman–Crippen MR) is 126 cm³/mol. The van der Waals surface area contributed by atoms with Crippen molar-refractivity contribution in [1.82, 2.24) is 10.2 Å². The summed E-state index contributed by atoms with van der Waals surface area (Å²) in [5, 5.41) is 4.12. The third-order valence-corrected chi connectivity index (χ3v) is 5.97. The van der Waals surface area contributed by atoms with Gasteiger partial charge in [-0.15, -0.1) is 0 Å². The molecule has 0 aromatic heterocycles. The highest BCUT2D eigenvalue weighted by Crippen LogP contribution is 2.26. The molecule has 168 valence electrons. The van der Waals surface area contributed by atoms with Gasteiger partial charge in [-0.1, -0.05) is 55.2 Å². The van der Waals surface area contributed by atoms with Crippen LogP contribution in [0.25, 0.3) is 0 Å². The van der Waals surface area contributed by atoms with Crippen molar-refractivity contribution >= 4 is 35.0 Å². The van der Waals surface area contributed by atoms with E-state index in [1.54, 1.807) is 23.1 Å². The second-order valence-electron chi connectivity index (χ2n) is 7.49. The quantitative estimate of drug-likeness (QED) is 0.517. The van der Waals surface area contributed by atoms with Crippen molar-refractivity contribution < 1.29 is 14.3 Å². The minimum atomic E-state index is -0.618. The molecule has 5 nitrogen and oxygen atoms in total. The minimum Gasteiger partial charge on any atom is -0.484 e. The second-order valence-corrected chi connectivity index (χ2v) is 8.27. The first-order valence-electron chi connectivity index (χ1n) is 10.5. The summed E-state index contributed by atoms with van der Waals surface area (Å²) in [4.78, 5) is 27.5. The number of nitrogens with zero attached hydrogens (tertiary/aromatic N) is 1. The molecule has 1 atom stereocenters. The van der Waals surface area contributed by atoms with E-state index in [0.717, 1.165) is 23.1 Å². The molecular weight excluding hydrogens is 435 g/mol. The minimum absolute atomic E-state index is 0.178. The molecule has 0 aliphatic carbocycles. The highest BCUT2D eigenvalue weighted by atomic mass is 35.5. The summed E-state index contributed by atoms with van der Waals surface area (Å²) in [5.41, 5.74) is 2.53. The summed E-state index contributed by atoms with van der Waals surface area (Å²) in [6.07, 6.45) is 1.30. The molecular formula is C24H30Cl2N2O3. The van der Waals surface area contributed by atoms with E-state index >= 15 is 0 Å². The maximum Gasteiger partial charge on any atom is 0.261 e. The van der Waals surface area contributed by atoms with E-state index in [-0.39, 0.29) is 25.0 Å². The molecule has 0 aliphatic rings. The van der Waals surface area contributed by atoms with Crippen LogP contribution in [0.1, 0.15) is 43.4 Å². The molecule has 1 N–H and O–H groups in total. The van der Waals surface area contributed by atoms with Gasteiger partial charge in [0, 0.05) is 23.1 Å². The number of ether oxygens (including phenoxy) is 1. The molecule has 0 saturated heterocycles. The monoisotopic (exact) mass is 464 g/mol. The number of rotatable bonds is 10. The van der Waals surface area contributed by atoms with Crippen molar-refractivity contribution in [2.45, 2.75) is 53.1 Å². The standard InChI is InChI=1S/C24H30Cl2N2O3/c1-5-11-27-24(30)21(6-2)28(14-18-9-7-8-10-20(18)25)22(29)15-31-19-12-16(3)23(26)17(4)13-19/h7-10,12-13,21H,5-6,11,14-15H2,1-4H3,(H,27,30). The van der Waals surface area contributed by atoms with Gasteiger partial charge in [0.05, 0.1) is 0 Å². The smallest absolute Gasteiger partial charge is 0.261 e.